The number of pyridine rings is 1. The van der Waals surface area contributed by atoms with E-state index in [1.165, 1.54) is 38.5 Å². The number of fused-ring (bicyclic) bond motifs is 3. The Morgan fingerprint density at radius 3 is 2.57 bits per heavy atom. The van der Waals surface area contributed by atoms with Gasteiger partial charge in [-0.05, 0) is 18.9 Å². The zero-order chi connectivity index (χ0) is 14.2. The highest BCUT2D eigenvalue weighted by Gasteiger charge is 2.21. The van der Waals surface area contributed by atoms with E-state index in [-0.39, 0.29) is 0 Å². The summed E-state index contributed by atoms with van der Waals surface area (Å²) in [6, 6.07) is 8.73. The van der Waals surface area contributed by atoms with Gasteiger partial charge in [-0.2, -0.15) is 0 Å². The summed E-state index contributed by atoms with van der Waals surface area (Å²) in [7, 11) is 0. The van der Waals surface area contributed by atoms with Crippen molar-refractivity contribution in [1.82, 2.24) is 14.5 Å². The maximum absolute atomic E-state index is 6.25. The van der Waals surface area contributed by atoms with Crippen molar-refractivity contribution in [2.24, 2.45) is 0 Å². The van der Waals surface area contributed by atoms with Crippen molar-refractivity contribution in [2.75, 3.05) is 5.73 Å². The topological polar surface area (TPSA) is 56.7 Å². The molecule has 1 aliphatic rings. The fraction of sp³-hybridized carbons (Fsp3) is 0.412. The van der Waals surface area contributed by atoms with Gasteiger partial charge >= 0.3 is 0 Å². The zero-order valence-electron chi connectivity index (χ0n) is 12.1. The summed E-state index contributed by atoms with van der Waals surface area (Å²) in [6.45, 7) is 0. The van der Waals surface area contributed by atoms with Gasteiger partial charge in [0.2, 0.25) is 5.95 Å². The molecule has 2 aromatic heterocycles. The van der Waals surface area contributed by atoms with Crippen LogP contribution in [0.4, 0.5) is 5.95 Å². The second-order valence-corrected chi connectivity index (χ2v) is 5.99. The van der Waals surface area contributed by atoms with Gasteiger partial charge in [0.25, 0.3) is 0 Å². The number of para-hydroxylation sites is 1. The summed E-state index contributed by atoms with van der Waals surface area (Å²) in [4.78, 5) is 9.04. The summed E-state index contributed by atoms with van der Waals surface area (Å²) in [5.74, 6) is 0.634. The summed E-state index contributed by atoms with van der Waals surface area (Å²) in [5.41, 5.74) is 9.33. The highest BCUT2D eigenvalue weighted by Crippen LogP contribution is 2.34. The molecule has 4 rings (SSSR count). The summed E-state index contributed by atoms with van der Waals surface area (Å²) >= 11 is 0. The maximum Gasteiger partial charge on any atom is 0.201 e. The number of hydrogen-bond donors (Lipinski definition) is 1. The number of benzene rings is 1. The number of hydrogen-bond acceptors (Lipinski definition) is 3. The molecule has 1 saturated carbocycles. The molecule has 0 spiro atoms. The molecular weight excluding hydrogens is 260 g/mol. The van der Waals surface area contributed by atoms with Crippen LogP contribution in [0, 0.1) is 0 Å². The normalized spacial score (nSPS) is 17.3. The average Bonchev–Trinajstić information content (AvgIpc) is 2.68. The van der Waals surface area contributed by atoms with E-state index in [1.807, 2.05) is 12.3 Å². The third-order valence-electron chi connectivity index (χ3n) is 4.64. The second kappa shape index (κ2) is 5.02. The number of nitrogens with zero attached hydrogens (tertiary/aromatic N) is 3. The SMILES string of the molecule is Nc1nc2cnc3ccccc3c2n1C1CCCCCC1. The van der Waals surface area contributed by atoms with Crippen molar-refractivity contribution >= 4 is 27.9 Å². The van der Waals surface area contributed by atoms with E-state index in [2.05, 4.69) is 32.7 Å². The van der Waals surface area contributed by atoms with Gasteiger partial charge in [0.15, 0.2) is 0 Å². The maximum atomic E-state index is 6.25. The van der Waals surface area contributed by atoms with Crippen molar-refractivity contribution in [3.63, 3.8) is 0 Å². The number of aromatic nitrogens is 3. The predicted molar refractivity (Wildman–Crippen MR) is 86.2 cm³/mol. The van der Waals surface area contributed by atoms with Crippen LogP contribution in [0.3, 0.4) is 0 Å². The summed E-state index contributed by atoms with van der Waals surface area (Å²) in [6.07, 6.45) is 9.50. The van der Waals surface area contributed by atoms with Gasteiger partial charge in [0, 0.05) is 11.4 Å². The molecule has 3 aromatic rings. The Morgan fingerprint density at radius 1 is 1.00 bits per heavy atom. The molecule has 0 radical (unpaired) electrons. The van der Waals surface area contributed by atoms with E-state index < -0.39 is 0 Å². The number of imidazole rings is 1. The Kier molecular flexibility index (Phi) is 3.02. The highest BCUT2D eigenvalue weighted by molar-refractivity contribution is 6.03. The molecule has 0 amide bonds. The van der Waals surface area contributed by atoms with E-state index in [4.69, 9.17) is 5.73 Å². The highest BCUT2D eigenvalue weighted by atomic mass is 15.2. The minimum absolute atomic E-state index is 0.475. The predicted octanol–water partition coefficient (Wildman–Crippen LogP) is 4.06. The lowest BCUT2D eigenvalue weighted by Gasteiger charge is -2.19. The third-order valence-corrected chi connectivity index (χ3v) is 4.64. The zero-order valence-corrected chi connectivity index (χ0v) is 12.1. The first-order valence-corrected chi connectivity index (χ1v) is 7.86. The molecule has 1 aromatic carbocycles. The molecule has 0 atom stereocenters. The first kappa shape index (κ1) is 12.6. The van der Waals surface area contributed by atoms with Crippen molar-refractivity contribution in [1.29, 1.82) is 0 Å². The van der Waals surface area contributed by atoms with Crippen molar-refractivity contribution in [2.45, 2.75) is 44.6 Å². The van der Waals surface area contributed by atoms with Crippen LogP contribution in [0.15, 0.2) is 30.5 Å². The van der Waals surface area contributed by atoms with Crippen LogP contribution >= 0.6 is 0 Å². The lowest BCUT2D eigenvalue weighted by atomic mass is 10.1. The molecule has 2 N–H and O–H groups in total. The van der Waals surface area contributed by atoms with E-state index in [9.17, 15) is 0 Å². The minimum Gasteiger partial charge on any atom is -0.369 e. The number of anilines is 1. The van der Waals surface area contributed by atoms with Gasteiger partial charge in [-0.1, -0.05) is 43.9 Å². The molecule has 2 heterocycles. The molecule has 0 bridgehead atoms. The molecule has 0 unspecified atom stereocenters. The average molecular weight is 280 g/mol. The van der Waals surface area contributed by atoms with Gasteiger partial charge in [-0.15, -0.1) is 0 Å². The second-order valence-electron chi connectivity index (χ2n) is 5.99. The Balaban J connectivity index is 1.98. The van der Waals surface area contributed by atoms with E-state index in [0.717, 1.165) is 21.9 Å². The van der Waals surface area contributed by atoms with E-state index >= 15 is 0 Å². The molecule has 1 fully saturated rings. The Morgan fingerprint density at radius 2 is 1.76 bits per heavy atom. The molecular formula is C17H20N4. The fourth-order valence-electron chi connectivity index (χ4n) is 3.63. The Labute approximate surface area is 124 Å². The van der Waals surface area contributed by atoms with Gasteiger partial charge < -0.3 is 10.3 Å². The summed E-state index contributed by atoms with van der Waals surface area (Å²) in [5, 5.41) is 1.16. The molecule has 4 heteroatoms. The number of nitrogen functional groups attached to an aromatic ring is 1. The minimum atomic E-state index is 0.475. The van der Waals surface area contributed by atoms with Gasteiger partial charge in [0.1, 0.15) is 5.52 Å². The largest absolute Gasteiger partial charge is 0.369 e. The molecule has 108 valence electrons. The van der Waals surface area contributed by atoms with Crippen LogP contribution in [-0.4, -0.2) is 14.5 Å². The number of nitrogens with two attached hydrogens (primary N) is 1. The van der Waals surface area contributed by atoms with Crippen LogP contribution in [0.1, 0.15) is 44.6 Å². The van der Waals surface area contributed by atoms with Gasteiger partial charge in [-0.25, -0.2) is 4.98 Å². The molecule has 0 saturated heterocycles. The van der Waals surface area contributed by atoms with Crippen LogP contribution < -0.4 is 5.73 Å². The van der Waals surface area contributed by atoms with Crippen LogP contribution in [0.5, 0.6) is 0 Å². The van der Waals surface area contributed by atoms with E-state index in [0.29, 0.717) is 12.0 Å². The van der Waals surface area contributed by atoms with Crippen molar-refractivity contribution in [3.8, 4) is 0 Å². The van der Waals surface area contributed by atoms with E-state index in [1.54, 1.807) is 0 Å². The fourth-order valence-corrected chi connectivity index (χ4v) is 3.63. The van der Waals surface area contributed by atoms with Gasteiger partial charge in [0.05, 0.1) is 17.2 Å². The van der Waals surface area contributed by atoms with Crippen LogP contribution in [-0.2, 0) is 0 Å². The third kappa shape index (κ3) is 2.06. The first-order valence-electron chi connectivity index (χ1n) is 7.86. The lowest BCUT2D eigenvalue weighted by Crippen LogP contribution is -2.11. The molecule has 0 aliphatic heterocycles. The molecule has 21 heavy (non-hydrogen) atoms. The molecule has 4 nitrogen and oxygen atoms in total. The first-order chi connectivity index (χ1) is 10.3. The number of rotatable bonds is 1. The Bertz CT molecular complexity index is 782. The van der Waals surface area contributed by atoms with Crippen molar-refractivity contribution < 1.29 is 0 Å². The van der Waals surface area contributed by atoms with Gasteiger partial charge in [-0.3, -0.25) is 4.98 Å². The van der Waals surface area contributed by atoms with Crippen molar-refractivity contribution in [3.05, 3.63) is 30.5 Å². The smallest absolute Gasteiger partial charge is 0.201 e. The Hall–Kier alpha value is -2.10. The standard InChI is InChI=1S/C17H20N4/c18-17-20-15-11-19-14-10-6-5-9-13(14)16(15)21(17)12-7-3-1-2-4-8-12/h5-6,9-12H,1-4,7-8H2,(H2,18,20). The lowest BCUT2D eigenvalue weighted by molar-refractivity contribution is 0.460. The van der Waals surface area contributed by atoms with Crippen LogP contribution in [0.2, 0.25) is 0 Å². The van der Waals surface area contributed by atoms with Crippen LogP contribution in [0.25, 0.3) is 21.9 Å². The summed E-state index contributed by atoms with van der Waals surface area (Å²) < 4.78 is 2.27. The quantitative estimate of drug-likeness (QED) is 0.684. The molecule has 1 aliphatic carbocycles. The monoisotopic (exact) mass is 280 g/mol.